The minimum absolute atomic E-state index is 0.0803. The molecule has 1 aromatic carbocycles. The molecule has 1 aliphatic carbocycles. The Labute approximate surface area is 184 Å². The fraction of sp³-hybridized carbons (Fsp3) is 0.478. The first-order valence-electron chi connectivity index (χ1n) is 10.8. The fourth-order valence-electron chi connectivity index (χ4n) is 5.14. The van der Waals surface area contributed by atoms with Crippen LogP contribution in [0.5, 0.6) is 0 Å². The van der Waals surface area contributed by atoms with Gasteiger partial charge in [-0.2, -0.15) is 18.3 Å². The highest BCUT2D eigenvalue weighted by molar-refractivity contribution is 6.34. The summed E-state index contributed by atoms with van der Waals surface area (Å²) in [6.07, 6.45) is -0.459. The summed E-state index contributed by atoms with van der Waals surface area (Å²) in [4.78, 5) is 6.91. The third kappa shape index (κ3) is 3.42. The molecule has 3 heterocycles. The zero-order valence-electron chi connectivity index (χ0n) is 17.5. The Hall–Kier alpha value is -2.12. The summed E-state index contributed by atoms with van der Waals surface area (Å²) >= 11 is 6.62. The summed E-state index contributed by atoms with van der Waals surface area (Å²) in [5.74, 6) is 0. The van der Waals surface area contributed by atoms with Crippen molar-refractivity contribution in [3.05, 3.63) is 51.8 Å². The number of benzene rings is 1. The Morgan fingerprint density at radius 3 is 2.52 bits per heavy atom. The zero-order valence-corrected chi connectivity index (χ0v) is 18.3. The van der Waals surface area contributed by atoms with Gasteiger partial charge in [0.1, 0.15) is 5.02 Å². The van der Waals surface area contributed by atoms with E-state index in [1.807, 2.05) is 24.3 Å². The molecule has 0 amide bonds. The van der Waals surface area contributed by atoms with Crippen LogP contribution >= 0.6 is 11.6 Å². The first kappa shape index (κ1) is 20.8. The molecule has 1 fully saturated rings. The van der Waals surface area contributed by atoms with Gasteiger partial charge in [0.25, 0.3) is 0 Å². The average molecular weight is 449 g/mol. The molecule has 3 aromatic rings. The van der Waals surface area contributed by atoms with Crippen LogP contribution < -0.4 is 0 Å². The van der Waals surface area contributed by atoms with Gasteiger partial charge in [0.15, 0.2) is 11.3 Å². The molecule has 0 saturated carbocycles. The maximum atomic E-state index is 14.3. The predicted molar refractivity (Wildman–Crippen MR) is 114 cm³/mol. The van der Waals surface area contributed by atoms with E-state index in [0.717, 1.165) is 34.9 Å². The van der Waals surface area contributed by atoms with E-state index in [9.17, 15) is 13.2 Å². The first-order valence-corrected chi connectivity index (χ1v) is 11.1. The summed E-state index contributed by atoms with van der Waals surface area (Å²) in [5, 5.41) is 4.58. The smallest absolute Gasteiger partial charge is 0.292 e. The van der Waals surface area contributed by atoms with Gasteiger partial charge in [0.2, 0.25) is 0 Å². The summed E-state index contributed by atoms with van der Waals surface area (Å²) in [6, 6.07) is 8.17. The van der Waals surface area contributed by atoms with Crippen molar-refractivity contribution in [2.45, 2.75) is 70.8 Å². The van der Waals surface area contributed by atoms with Crippen LogP contribution in [0, 0.1) is 0 Å². The van der Waals surface area contributed by atoms with Crippen LogP contribution in [0.4, 0.5) is 13.2 Å². The highest BCUT2D eigenvalue weighted by atomic mass is 35.5. The molecule has 2 aromatic heterocycles. The molecular formula is C23H24ClF3N4. The van der Waals surface area contributed by atoms with Crippen molar-refractivity contribution in [3.63, 3.8) is 0 Å². The molecule has 0 radical (unpaired) electrons. The second-order valence-corrected chi connectivity index (χ2v) is 9.12. The minimum atomic E-state index is -4.56. The molecule has 4 nitrogen and oxygen atoms in total. The molecule has 164 valence electrons. The van der Waals surface area contributed by atoms with Gasteiger partial charge < -0.3 is 0 Å². The molecule has 0 spiro atoms. The van der Waals surface area contributed by atoms with E-state index in [1.54, 1.807) is 0 Å². The lowest BCUT2D eigenvalue weighted by atomic mass is 9.88. The van der Waals surface area contributed by atoms with Crippen LogP contribution in [0.1, 0.15) is 55.6 Å². The number of nitrogens with zero attached hydrogens (tertiary/aromatic N) is 4. The molecule has 1 aliphatic heterocycles. The summed E-state index contributed by atoms with van der Waals surface area (Å²) in [7, 11) is 0. The number of halogens is 4. The fourth-order valence-corrected chi connectivity index (χ4v) is 5.36. The number of fused-ring (bicyclic) bond motifs is 4. The number of alkyl halides is 3. The van der Waals surface area contributed by atoms with Gasteiger partial charge in [-0.3, -0.25) is 4.90 Å². The maximum Gasteiger partial charge on any atom is 0.433 e. The topological polar surface area (TPSA) is 33.4 Å². The minimum Gasteiger partial charge on any atom is -0.292 e. The number of hydrogen-bond donors (Lipinski definition) is 0. The quantitative estimate of drug-likeness (QED) is 0.487. The van der Waals surface area contributed by atoms with E-state index in [4.69, 9.17) is 11.6 Å². The first-order chi connectivity index (χ1) is 14.8. The maximum absolute atomic E-state index is 14.3. The lowest BCUT2D eigenvalue weighted by Gasteiger charge is -2.38. The van der Waals surface area contributed by atoms with Crippen LogP contribution in [-0.4, -0.2) is 31.6 Å². The Bertz CT molecular complexity index is 1140. The van der Waals surface area contributed by atoms with Crippen LogP contribution in [-0.2, 0) is 25.6 Å². The van der Waals surface area contributed by atoms with Gasteiger partial charge in [-0.05, 0) is 45.1 Å². The van der Waals surface area contributed by atoms with Crippen LogP contribution in [0.25, 0.3) is 16.9 Å². The average Bonchev–Trinajstić information content (AvgIpc) is 3.03. The lowest BCUT2D eigenvalue weighted by Crippen LogP contribution is -2.43. The predicted octanol–water partition coefficient (Wildman–Crippen LogP) is 5.93. The number of hydrogen-bond acceptors (Lipinski definition) is 3. The van der Waals surface area contributed by atoms with Crippen LogP contribution in [0.15, 0.2) is 24.3 Å². The molecule has 0 N–H and O–H groups in total. The van der Waals surface area contributed by atoms with Gasteiger partial charge in [-0.1, -0.05) is 42.3 Å². The van der Waals surface area contributed by atoms with E-state index >= 15 is 0 Å². The van der Waals surface area contributed by atoms with Gasteiger partial charge >= 0.3 is 6.18 Å². The second kappa shape index (κ2) is 7.48. The third-order valence-corrected chi connectivity index (χ3v) is 7.15. The monoisotopic (exact) mass is 448 g/mol. The molecule has 0 unspecified atom stereocenters. The number of likely N-dealkylation sites (tertiary alicyclic amines) is 1. The number of aryl methyl sites for hydroxylation is 1. The van der Waals surface area contributed by atoms with Gasteiger partial charge in [0, 0.05) is 29.8 Å². The Morgan fingerprint density at radius 2 is 1.81 bits per heavy atom. The number of rotatable bonds is 2. The van der Waals surface area contributed by atoms with Gasteiger partial charge in [-0.25, -0.2) is 9.50 Å². The Balaban J connectivity index is 1.70. The van der Waals surface area contributed by atoms with Crippen molar-refractivity contribution in [1.82, 2.24) is 19.5 Å². The molecule has 31 heavy (non-hydrogen) atoms. The normalized spacial score (nSPS) is 21.9. The van der Waals surface area contributed by atoms with E-state index < -0.39 is 11.9 Å². The highest BCUT2D eigenvalue weighted by Crippen LogP contribution is 2.42. The third-order valence-electron chi connectivity index (χ3n) is 6.77. The van der Waals surface area contributed by atoms with Crippen molar-refractivity contribution >= 4 is 17.2 Å². The molecule has 2 atom stereocenters. The number of piperidine rings is 1. The summed E-state index contributed by atoms with van der Waals surface area (Å²) < 4.78 is 43.7. The Morgan fingerprint density at radius 1 is 1.10 bits per heavy atom. The van der Waals surface area contributed by atoms with Gasteiger partial charge in [-0.15, -0.1) is 0 Å². The van der Waals surface area contributed by atoms with E-state index in [-0.39, 0.29) is 22.7 Å². The van der Waals surface area contributed by atoms with Crippen molar-refractivity contribution in [2.24, 2.45) is 0 Å². The zero-order chi connectivity index (χ0) is 21.9. The molecular weight excluding hydrogens is 425 g/mol. The van der Waals surface area contributed by atoms with E-state index in [1.165, 1.54) is 0 Å². The Kier molecular flexibility index (Phi) is 5.01. The van der Waals surface area contributed by atoms with E-state index in [0.29, 0.717) is 36.4 Å². The molecule has 1 saturated heterocycles. The van der Waals surface area contributed by atoms with Crippen LogP contribution in [0.3, 0.4) is 0 Å². The van der Waals surface area contributed by atoms with E-state index in [2.05, 4.69) is 28.8 Å². The molecule has 5 rings (SSSR count). The molecule has 2 aliphatic rings. The number of aromatic nitrogens is 3. The van der Waals surface area contributed by atoms with Crippen molar-refractivity contribution < 1.29 is 13.2 Å². The summed E-state index contributed by atoms with van der Waals surface area (Å²) in [6.45, 7) is 4.71. The lowest BCUT2D eigenvalue weighted by molar-refractivity contribution is -0.143. The highest BCUT2D eigenvalue weighted by Gasteiger charge is 2.41. The standard InChI is InChI=1S/C23H24ClF3N4/c1-13-6-5-7-14(2)30(13)12-18-19(24)22-28-20-16-9-4-3-8-15(16)10-11-17(20)21(23(25,26)27)31(22)29-18/h3-4,8-9,13-14H,5-7,10-12H2,1-2H3/t13-,14+. The largest absolute Gasteiger partial charge is 0.433 e. The van der Waals surface area contributed by atoms with Gasteiger partial charge in [0.05, 0.1) is 11.4 Å². The van der Waals surface area contributed by atoms with Crippen molar-refractivity contribution in [3.8, 4) is 11.3 Å². The molecule has 8 heteroatoms. The van der Waals surface area contributed by atoms with Crippen molar-refractivity contribution in [2.75, 3.05) is 0 Å². The SMILES string of the molecule is C[C@@H]1CCC[C@H](C)N1Cc1nn2c(C(F)(F)F)c3c(nc2c1Cl)-c1ccccc1CC3. The summed E-state index contributed by atoms with van der Waals surface area (Å²) in [5.41, 5.74) is 2.10. The molecule has 0 bridgehead atoms. The second-order valence-electron chi connectivity index (χ2n) is 8.74. The van der Waals surface area contributed by atoms with Crippen LogP contribution in [0.2, 0.25) is 5.02 Å². The van der Waals surface area contributed by atoms with Crippen molar-refractivity contribution in [1.29, 1.82) is 0 Å².